The van der Waals surface area contributed by atoms with Crippen molar-refractivity contribution in [3.63, 3.8) is 0 Å². The van der Waals surface area contributed by atoms with E-state index in [-0.39, 0.29) is 5.97 Å². The molecule has 0 saturated carbocycles. The molecule has 2 rings (SSSR count). The van der Waals surface area contributed by atoms with Crippen LogP contribution in [0.2, 0.25) is 0 Å². The van der Waals surface area contributed by atoms with E-state index in [2.05, 4.69) is 9.64 Å². The van der Waals surface area contributed by atoms with Crippen molar-refractivity contribution in [2.24, 2.45) is 0 Å². The minimum Gasteiger partial charge on any atom is -0.465 e. The lowest BCUT2D eigenvalue weighted by Crippen LogP contribution is -2.51. The molecule has 0 spiro atoms. The Labute approximate surface area is 119 Å². The Morgan fingerprint density at radius 1 is 1.15 bits per heavy atom. The van der Waals surface area contributed by atoms with E-state index in [1.807, 2.05) is 6.92 Å². The molecule has 0 radical (unpaired) electrons. The molecule has 1 aliphatic rings. The van der Waals surface area contributed by atoms with Crippen molar-refractivity contribution in [2.75, 3.05) is 27.3 Å². The van der Waals surface area contributed by atoms with E-state index < -0.39 is 5.91 Å². The monoisotopic (exact) mass is 279 g/mol. The van der Waals surface area contributed by atoms with Crippen molar-refractivity contribution in [1.82, 2.24) is 4.90 Å². The molecule has 0 aliphatic carbocycles. The molecule has 0 bridgehead atoms. The summed E-state index contributed by atoms with van der Waals surface area (Å²) < 4.78 is 16.2. The first-order valence-corrected chi connectivity index (χ1v) is 6.76. The Morgan fingerprint density at radius 3 is 2.25 bits per heavy atom. The number of benzene rings is 1. The van der Waals surface area contributed by atoms with Crippen LogP contribution < -0.4 is 4.74 Å². The second kappa shape index (κ2) is 6.24. The van der Waals surface area contributed by atoms with Gasteiger partial charge in [0.15, 0.2) is 0 Å². The lowest BCUT2D eigenvalue weighted by molar-refractivity contribution is -0.242. The van der Waals surface area contributed by atoms with Gasteiger partial charge in [0.1, 0.15) is 5.75 Å². The molecule has 5 nitrogen and oxygen atoms in total. The largest absolute Gasteiger partial charge is 0.465 e. The minimum absolute atomic E-state index is 0.356. The van der Waals surface area contributed by atoms with Gasteiger partial charge in [-0.3, -0.25) is 0 Å². The highest BCUT2D eigenvalue weighted by molar-refractivity contribution is 5.89. The molecule has 1 aliphatic heterocycles. The highest BCUT2D eigenvalue weighted by atomic mass is 16.7. The fourth-order valence-corrected chi connectivity index (χ4v) is 2.35. The number of esters is 1. The summed E-state index contributed by atoms with van der Waals surface area (Å²) in [6.45, 7) is 3.84. The zero-order valence-electron chi connectivity index (χ0n) is 12.2. The molecular weight excluding hydrogens is 258 g/mol. The first-order valence-electron chi connectivity index (χ1n) is 6.76. The van der Waals surface area contributed by atoms with E-state index >= 15 is 0 Å². The summed E-state index contributed by atoms with van der Waals surface area (Å²) in [6, 6.07) is 6.86. The van der Waals surface area contributed by atoms with Crippen LogP contribution in [-0.2, 0) is 9.47 Å². The second-order valence-electron chi connectivity index (χ2n) is 4.91. The normalized spacial score (nSPS) is 18.6. The van der Waals surface area contributed by atoms with Crippen molar-refractivity contribution in [3.8, 4) is 5.75 Å². The predicted molar refractivity (Wildman–Crippen MR) is 74.6 cm³/mol. The quantitative estimate of drug-likeness (QED) is 0.611. The predicted octanol–water partition coefficient (Wildman–Crippen LogP) is 2.27. The van der Waals surface area contributed by atoms with E-state index in [0.717, 1.165) is 25.9 Å². The maximum atomic E-state index is 11.4. The highest BCUT2D eigenvalue weighted by Crippen LogP contribution is 2.26. The van der Waals surface area contributed by atoms with Crippen LogP contribution in [0.3, 0.4) is 0 Å². The first kappa shape index (κ1) is 14.8. The minimum atomic E-state index is -0.775. The van der Waals surface area contributed by atoms with Crippen LogP contribution in [-0.4, -0.2) is 44.1 Å². The molecule has 1 atom stereocenters. The number of ether oxygens (including phenoxy) is 3. The van der Waals surface area contributed by atoms with Crippen LogP contribution in [0.25, 0.3) is 0 Å². The maximum absolute atomic E-state index is 11.4. The van der Waals surface area contributed by atoms with Gasteiger partial charge in [0, 0.05) is 27.1 Å². The van der Waals surface area contributed by atoms with E-state index in [4.69, 9.17) is 9.47 Å². The van der Waals surface area contributed by atoms with Crippen molar-refractivity contribution < 1.29 is 19.0 Å². The van der Waals surface area contributed by atoms with Gasteiger partial charge in [0.05, 0.1) is 12.7 Å². The van der Waals surface area contributed by atoms with E-state index in [1.54, 1.807) is 31.4 Å². The summed E-state index contributed by atoms with van der Waals surface area (Å²) >= 11 is 0. The molecule has 5 heteroatoms. The molecule has 1 aromatic carbocycles. The summed E-state index contributed by atoms with van der Waals surface area (Å²) in [5.41, 5.74) is 0.500. The van der Waals surface area contributed by atoms with Crippen molar-refractivity contribution in [3.05, 3.63) is 29.8 Å². The fourth-order valence-electron chi connectivity index (χ4n) is 2.35. The molecule has 1 fully saturated rings. The first-order chi connectivity index (χ1) is 9.59. The zero-order chi connectivity index (χ0) is 14.6. The molecule has 1 saturated heterocycles. The maximum Gasteiger partial charge on any atom is 0.337 e. The summed E-state index contributed by atoms with van der Waals surface area (Å²) in [6.07, 6.45) is 2.31. The molecule has 20 heavy (non-hydrogen) atoms. The topological polar surface area (TPSA) is 48.0 Å². The van der Waals surface area contributed by atoms with Gasteiger partial charge >= 0.3 is 5.97 Å². The molecule has 0 N–H and O–H groups in total. The Morgan fingerprint density at radius 2 is 1.75 bits per heavy atom. The zero-order valence-corrected chi connectivity index (χ0v) is 12.2. The van der Waals surface area contributed by atoms with E-state index in [1.165, 1.54) is 7.11 Å². The van der Waals surface area contributed by atoms with Crippen LogP contribution in [0.1, 0.15) is 30.1 Å². The van der Waals surface area contributed by atoms with Crippen molar-refractivity contribution in [2.45, 2.75) is 25.7 Å². The van der Waals surface area contributed by atoms with Crippen LogP contribution >= 0.6 is 0 Å². The Kier molecular flexibility index (Phi) is 4.62. The third-order valence-electron chi connectivity index (χ3n) is 3.64. The molecule has 0 amide bonds. The number of rotatable bonds is 5. The van der Waals surface area contributed by atoms with Gasteiger partial charge in [0.25, 0.3) is 5.91 Å². The van der Waals surface area contributed by atoms with Gasteiger partial charge in [-0.15, -0.1) is 0 Å². The summed E-state index contributed by atoms with van der Waals surface area (Å²) in [7, 11) is 3.00. The Bertz CT molecular complexity index is 453. The van der Waals surface area contributed by atoms with Crippen molar-refractivity contribution in [1.29, 1.82) is 0 Å². The summed E-state index contributed by atoms with van der Waals surface area (Å²) in [4.78, 5) is 13.5. The fraction of sp³-hybridized carbons (Fsp3) is 0.533. The number of carbonyl (C=O) groups excluding carboxylic acids is 1. The summed E-state index contributed by atoms with van der Waals surface area (Å²) in [5.74, 6) is -0.469. The number of nitrogens with zero attached hydrogens (tertiary/aromatic N) is 1. The molecular formula is C15H21NO4. The molecule has 1 heterocycles. The smallest absolute Gasteiger partial charge is 0.337 e. The highest BCUT2D eigenvalue weighted by Gasteiger charge is 2.36. The third kappa shape index (κ3) is 3.11. The Hall–Kier alpha value is -1.59. The third-order valence-corrected chi connectivity index (χ3v) is 3.64. The van der Waals surface area contributed by atoms with Crippen molar-refractivity contribution >= 4 is 5.97 Å². The van der Waals surface area contributed by atoms with E-state index in [9.17, 15) is 4.79 Å². The van der Waals surface area contributed by atoms with Gasteiger partial charge in [-0.25, -0.2) is 9.69 Å². The van der Waals surface area contributed by atoms with Crippen LogP contribution in [0, 0.1) is 0 Å². The van der Waals surface area contributed by atoms with Crippen LogP contribution in [0.5, 0.6) is 5.75 Å². The van der Waals surface area contributed by atoms with Gasteiger partial charge in [-0.2, -0.15) is 0 Å². The van der Waals surface area contributed by atoms with Gasteiger partial charge < -0.3 is 14.2 Å². The second-order valence-corrected chi connectivity index (χ2v) is 4.91. The van der Waals surface area contributed by atoms with Crippen LogP contribution in [0.15, 0.2) is 24.3 Å². The summed E-state index contributed by atoms with van der Waals surface area (Å²) in [5, 5.41) is 0. The molecule has 0 aromatic heterocycles. The molecule has 1 unspecified atom stereocenters. The van der Waals surface area contributed by atoms with Gasteiger partial charge in [-0.1, -0.05) is 0 Å². The van der Waals surface area contributed by atoms with Gasteiger partial charge in [0.2, 0.25) is 0 Å². The number of carbonyl (C=O) groups is 1. The number of hydrogen-bond acceptors (Lipinski definition) is 5. The molecule has 110 valence electrons. The molecule has 1 aromatic rings. The SMILES string of the molecule is COC(=O)c1ccc(OC(C)(OC)N2CCCC2)cc1. The number of methoxy groups -OCH3 is 2. The number of likely N-dealkylation sites (tertiary alicyclic amines) is 1. The number of hydrogen-bond donors (Lipinski definition) is 0. The van der Waals surface area contributed by atoms with Crippen LogP contribution in [0.4, 0.5) is 0 Å². The lowest BCUT2D eigenvalue weighted by Gasteiger charge is -2.36. The Balaban J connectivity index is 2.09. The van der Waals surface area contributed by atoms with E-state index in [0.29, 0.717) is 11.3 Å². The lowest BCUT2D eigenvalue weighted by atomic mass is 10.2. The van der Waals surface area contributed by atoms with Gasteiger partial charge in [-0.05, 0) is 37.1 Å². The average molecular weight is 279 g/mol. The average Bonchev–Trinajstić information content (AvgIpc) is 3.02. The standard InChI is InChI=1S/C15H21NO4/c1-15(19-3,16-10-4-5-11-16)20-13-8-6-12(7-9-13)14(17)18-2/h6-9H,4-5,10-11H2,1-3H3.